The minimum absolute atomic E-state index is 0.171. The maximum atomic E-state index is 11.6. The van der Waals surface area contributed by atoms with Gasteiger partial charge in [-0.25, -0.2) is 4.79 Å². The van der Waals surface area contributed by atoms with Gasteiger partial charge in [-0.1, -0.05) is 0 Å². The predicted molar refractivity (Wildman–Crippen MR) is 68.1 cm³/mol. The summed E-state index contributed by atoms with van der Waals surface area (Å²) in [5, 5.41) is 5.09. The number of carbonyl (C=O) groups is 3. The summed E-state index contributed by atoms with van der Waals surface area (Å²) in [6.45, 7) is 1.65. The second kappa shape index (κ2) is 6.01. The highest BCUT2D eigenvalue weighted by Gasteiger charge is 2.31. The van der Waals surface area contributed by atoms with Crippen molar-refractivity contribution in [1.82, 2.24) is 15.5 Å². The first-order valence-corrected chi connectivity index (χ1v) is 6.66. The van der Waals surface area contributed by atoms with E-state index in [0.717, 1.165) is 38.8 Å². The van der Waals surface area contributed by atoms with Gasteiger partial charge in [-0.15, -0.1) is 0 Å². The van der Waals surface area contributed by atoms with Gasteiger partial charge in [-0.05, 0) is 25.7 Å². The van der Waals surface area contributed by atoms with Crippen LogP contribution in [-0.4, -0.2) is 48.4 Å². The normalized spacial score (nSPS) is 20.8. The van der Waals surface area contributed by atoms with Crippen LogP contribution in [0.3, 0.4) is 0 Å². The van der Waals surface area contributed by atoms with Gasteiger partial charge < -0.3 is 11.1 Å². The third-order valence-electron chi connectivity index (χ3n) is 3.51. The summed E-state index contributed by atoms with van der Waals surface area (Å²) < 4.78 is 0. The van der Waals surface area contributed by atoms with Crippen molar-refractivity contribution in [2.24, 2.45) is 11.7 Å². The summed E-state index contributed by atoms with van der Waals surface area (Å²) in [6.07, 6.45) is 3.69. The van der Waals surface area contributed by atoms with Crippen LogP contribution in [0.4, 0.5) is 4.79 Å². The van der Waals surface area contributed by atoms with Gasteiger partial charge in [0.15, 0.2) is 0 Å². The molecule has 2 fully saturated rings. The van der Waals surface area contributed by atoms with Crippen molar-refractivity contribution in [3.8, 4) is 0 Å². The summed E-state index contributed by atoms with van der Waals surface area (Å²) in [5.41, 5.74) is 4.87. The Bertz CT molecular complexity index is 373. The average molecular weight is 268 g/mol. The molecule has 1 saturated carbocycles. The van der Waals surface area contributed by atoms with E-state index in [1.807, 2.05) is 10.2 Å². The lowest BCUT2D eigenvalue weighted by atomic mass is 10.0. The zero-order chi connectivity index (χ0) is 13.8. The van der Waals surface area contributed by atoms with Crippen LogP contribution in [-0.2, 0) is 9.59 Å². The number of nitrogens with one attached hydrogen (secondary N) is 2. The van der Waals surface area contributed by atoms with Crippen LogP contribution < -0.4 is 16.4 Å². The molecule has 0 aromatic carbocycles. The number of carbonyl (C=O) groups excluding carboxylic acids is 3. The number of urea groups is 1. The van der Waals surface area contributed by atoms with Crippen molar-refractivity contribution in [1.29, 1.82) is 0 Å². The maximum absolute atomic E-state index is 11.6. The van der Waals surface area contributed by atoms with E-state index in [-0.39, 0.29) is 30.3 Å². The summed E-state index contributed by atoms with van der Waals surface area (Å²) in [4.78, 5) is 35.4. The van der Waals surface area contributed by atoms with Gasteiger partial charge in [0.25, 0.3) is 0 Å². The lowest BCUT2D eigenvalue weighted by Crippen LogP contribution is -2.48. The van der Waals surface area contributed by atoms with Gasteiger partial charge >= 0.3 is 6.03 Å². The maximum Gasteiger partial charge on any atom is 0.318 e. The van der Waals surface area contributed by atoms with Gasteiger partial charge in [0.2, 0.25) is 11.8 Å². The zero-order valence-electron chi connectivity index (χ0n) is 10.9. The Morgan fingerprint density at radius 3 is 2.26 bits per heavy atom. The average Bonchev–Trinajstić information content (AvgIpc) is 3.14. The van der Waals surface area contributed by atoms with E-state index in [4.69, 9.17) is 5.73 Å². The number of piperidine rings is 1. The molecular formula is C12H20N4O3. The Morgan fingerprint density at radius 2 is 1.74 bits per heavy atom. The number of imide groups is 1. The summed E-state index contributed by atoms with van der Waals surface area (Å²) in [6, 6.07) is -0.611. The first-order valence-electron chi connectivity index (χ1n) is 6.66. The van der Waals surface area contributed by atoms with Crippen molar-refractivity contribution < 1.29 is 14.4 Å². The Kier molecular flexibility index (Phi) is 4.36. The van der Waals surface area contributed by atoms with Crippen molar-refractivity contribution in [3.63, 3.8) is 0 Å². The number of nitrogens with two attached hydrogens (primary N) is 1. The summed E-state index contributed by atoms with van der Waals surface area (Å²) in [5.74, 6) is 0.0252. The molecule has 106 valence electrons. The molecule has 7 nitrogen and oxygen atoms in total. The van der Waals surface area contributed by atoms with E-state index in [2.05, 4.69) is 5.32 Å². The van der Waals surface area contributed by atoms with E-state index in [1.165, 1.54) is 0 Å². The van der Waals surface area contributed by atoms with Gasteiger partial charge in [-0.3, -0.25) is 19.8 Å². The molecule has 1 heterocycles. The van der Waals surface area contributed by atoms with Crippen molar-refractivity contribution >= 4 is 17.8 Å². The van der Waals surface area contributed by atoms with Gasteiger partial charge in [0.1, 0.15) is 0 Å². The summed E-state index contributed by atoms with van der Waals surface area (Å²) >= 11 is 0. The standard InChI is InChI=1S/C12H20N4O3/c13-12(19)15-10(17)7-16-5-3-9(4-6-16)14-11(18)8-1-2-8/h8-9H,1-7H2,(H,14,18)(H3,13,15,17,19). The molecule has 0 radical (unpaired) electrons. The largest absolute Gasteiger partial charge is 0.353 e. The van der Waals surface area contributed by atoms with Crippen LogP contribution in [0.25, 0.3) is 0 Å². The number of hydrogen-bond acceptors (Lipinski definition) is 4. The first-order chi connectivity index (χ1) is 9.04. The van der Waals surface area contributed by atoms with Crippen LogP contribution in [0.15, 0.2) is 0 Å². The number of hydrogen-bond donors (Lipinski definition) is 3. The highest BCUT2D eigenvalue weighted by Crippen LogP contribution is 2.29. The number of rotatable bonds is 4. The second-order valence-corrected chi connectivity index (χ2v) is 5.25. The molecule has 7 heteroatoms. The van der Waals surface area contributed by atoms with Crippen molar-refractivity contribution in [3.05, 3.63) is 0 Å². The molecule has 0 aromatic rings. The van der Waals surface area contributed by atoms with Crippen LogP contribution in [0.5, 0.6) is 0 Å². The SMILES string of the molecule is NC(=O)NC(=O)CN1CCC(NC(=O)C2CC2)CC1. The predicted octanol–water partition coefficient (Wildman–Crippen LogP) is -0.828. The Labute approximate surface area is 111 Å². The fourth-order valence-electron chi connectivity index (χ4n) is 2.28. The van der Waals surface area contributed by atoms with Crippen molar-refractivity contribution in [2.75, 3.05) is 19.6 Å². The third kappa shape index (κ3) is 4.51. The molecule has 2 aliphatic rings. The minimum atomic E-state index is -0.823. The van der Waals surface area contributed by atoms with Crippen LogP contribution >= 0.6 is 0 Å². The smallest absolute Gasteiger partial charge is 0.318 e. The molecule has 1 aliphatic carbocycles. The molecule has 19 heavy (non-hydrogen) atoms. The van der Waals surface area contributed by atoms with Crippen LogP contribution in [0.1, 0.15) is 25.7 Å². The fourth-order valence-corrected chi connectivity index (χ4v) is 2.28. The molecule has 0 bridgehead atoms. The van der Waals surface area contributed by atoms with Gasteiger partial charge in [0, 0.05) is 25.0 Å². The van der Waals surface area contributed by atoms with Crippen LogP contribution in [0, 0.1) is 5.92 Å². The Balaban J connectivity index is 1.65. The van der Waals surface area contributed by atoms with E-state index < -0.39 is 6.03 Å². The minimum Gasteiger partial charge on any atom is -0.353 e. The van der Waals surface area contributed by atoms with E-state index in [1.54, 1.807) is 0 Å². The zero-order valence-corrected chi connectivity index (χ0v) is 10.9. The van der Waals surface area contributed by atoms with E-state index >= 15 is 0 Å². The van der Waals surface area contributed by atoms with E-state index in [0.29, 0.717) is 0 Å². The lowest BCUT2D eigenvalue weighted by molar-refractivity contribution is -0.124. The number of primary amides is 1. The monoisotopic (exact) mass is 268 g/mol. The van der Waals surface area contributed by atoms with Gasteiger partial charge in [0.05, 0.1) is 6.54 Å². The van der Waals surface area contributed by atoms with Crippen LogP contribution in [0.2, 0.25) is 0 Å². The molecule has 1 aliphatic heterocycles. The third-order valence-corrected chi connectivity index (χ3v) is 3.51. The molecule has 2 rings (SSSR count). The quantitative estimate of drug-likeness (QED) is 0.619. The highest BCUT2D eigenvalue weighted by atomic mass is 16.2. The van der Waals surface area contributed by atoms with Crippen molar-refractivity contribution in [2.45, 2.75) is 31.7 Å². The molecule has 1 saturated heterocycles. The Hall–Kier alpha value is -1.63. The lowest BCUT2D eigenvalue weighted by Gasteiger charge is -2.31. The second-order valence-electron chi connectivity index (χ2n) is 5.25. The molecule has 4 N–H and O–H groups in total. The highest BCUT2D eigenvalue weighted by molar-refractivity contribution is 5.94. The molecule has 0 atom stereocenters. The molecule has 0 spiro atoms. The molecular weight excluding hydrogens is 248 g/mol. The summed E-state index contributed by atoms with van der Waals surface area (Å²) in [7, 11) is 0. The van der Waals surface area contributed by atoms with E-state index in [9.17, 15) is 14.4 Å². The first kappa shape index (κ1) is 13.8. The van der Waals surface area contributed by atoms with Gasteiger partial charge in [-0.2, -0.15) is 0 Å². The number of nitrogens with zero attached hydrogens (tertiary/aromatic N) is 1. The topological polar surface area (TPSA) is 105 Å². The molecule has 0 aromatic heterocycles. The number of amides is 4. The Morgan fingerprint density at radius 1 is 1.11 bits per heavy atom. The number of likely N-dealkylation sites (tertiary alicyclic amines) is 1. The fraction of sp³-hybridized carbons (Fsp3) is 0.750. The molecule has 0 unspecified atom stereocenters. The molecule has 4 amide bonds.